The van der Waals surface area contributed by atoms with Crippen LogP contribution in [0.5, 0.6) is 17.2 Å². The zero-order chi connectivity index (χ0) is 17.3. The molecule has 2 aromatic carbocycles. The van der Waals surface area contributed by atoms with E-state index in [9.17, 15) is 9.90 Å². The topological polar surface area (TPSA) is 67.8 Å². The van der Waals surface area contributed by atoms with Crippen LogP contribution in [0, 0.1) is 12.8 Å². The smallest absolute Gasteiger partial charge is 0.228 e. The number of rotatable bonds is 5. The van der Waals surface area contributed by atoms with Gasteiger partial charge in [0.25, 0.3) is 0 Å². The molecule has 2 N–H and O–H groups in total. The van der Waals surface area contributed by atoms with Crippen LogP contribution in [0.2, 0.25) is 0 Å². The average molecular weight is 327 g/mol. The Morgan fingerprint density at radius 1 is 1.17 bits per heavy atom. The van der Waals surface area contributed by atoms with Crippen molar-refractivity contribution in [1.29, 1.82) is 0 Å². The minimum atomic E-state index is -0.133. The molecular formula is C19H21NO4. The number of carbonyl (C=O) groups excluding carboxylic acids is 1. The number of anilines is 1. The standard InChI is InChI=1S/C19H21NO4/c1-11-4-6-17(21)16(8-11)20-19(22)15-10-13(15)14-9-12(23-2)5-7-18(14)24-3/h4-9,13,15,21H,10H2,1-3H3,(H,20,22). The summed E-state index contributed by atoms with van der Waals surface area (Å²) in [5, 5.41) is 12.7. The number of benzene rings is 2. The zero-order valence-corrected chi connectivity index (χ0v) is 14.0. The third kappa shape index (κ3) is 3.15. The largest absolute Gasteiger partial charge is 0.506 e. The summed E-state index contributed by atoms with van der Waals surface area (Å²) in [5.74, 6) is 1.45. The van der Waals surface area contributed by atoms with E-state index in [2.05, 4.69) is 5.32 Å². The predicted molar refractivity (Wildman–Crippen MR) is 91.9 cm³/mol. The van der Waals surface area contributed by atoms with Crippen molar-refractivity contribution in [2.75, 3.05) is 19.5 Å². The molecule has 5 nitrogen and oxygen atoms in total. The molecule has 0 aliphatic heterocycles. The van der Waals surface area contributed by atoms with Gasteiger partial charge in [-0.15, -0.1) is 0 Å². The van der Waals surface area contributed by atoms with E-state index in [0.29, 0.717) is 5.69 Å². The van der Waals surface area contributed by atoms with Crippen molar-refractivity contribution in [3.8, 4) is 17.2 Å². The van der Waals surface area contributed by atoms with Crippen LogP contribution in [-0.2, 0) is 4.79 Å². The van der Waals surface area contributed by atoms with E-state index in [0.717, 1.165) is 29.0 Å². The molecule has 0 spiro atoms. The van der Waals surface area contributed by atoms with E-state index < -0.39 is 0 Å². The SMILES string of the molecule is COc1ccc(OC)c(C2CC2C(=O)Nc2cc(C)ccc2O)c1. The summed E-state index contributed by atoms with van der Waals surface area (Å²) in [6.45, 7) is 1.91. The molecule has 0 heterocycles. The van der Waals surface area contributed by atoms with Gasteiger partial charge >= 0.3 is 0 Å². The van der Waals surface area contributed by atoms with Crippen molar-refractivity contribution in [2.24, 2.45) is 5.92 Å². The lowest BCUT2D eigenvalue weighted by Crippen LogP contribution is -2.15. The number of hydrogen-bond acceptors (Lipinski definition) is 4. The molecular weight excluding hydrogens is 306 g/mol. The van der Waals surface area contributed by atoms with Crippen LogP contribution in [0.4, 0.5) is 5.69 Å². The Labute approximate surface area is 141 Å². The van der Waals surface area contributed by atoms with Gasteiger partial charge in [-0.05, 0) is 49.2 Å². The van der Waals surface area contributed by atoms with Crippen LogP contribution in [-0.4, -0.2) is 25.2 Å². The first-order valence-electron chi connectivity index (χ1n) is 7.86. The first-order chi connectivity index (χ1) is 11.5. The second kappa shape index (κ2) is 6.43. The highest BCUT2D eigenvalue weighted by Crippen LogP contribution is 2.51. The molecule has 24 heavy (non-hydrogen) atoms. The number of aryl methyl sites for hydroxylation is 1. The molecule has 1 fully saturated rings. The van der Waals surface area contributed by atoms with Gasteiger partial charge in [-0.25, -0.2) is 0 Å². The molecule has 1 aliphatic rings. The maximum Gasteiger partial charge on any atom is 0.228 e. The van der Waals surface area contributed by atoms with Crippen LogP contribution in [0.1, 0.15) is 23.5 Å². The van der Waals surface area contributed by atoms with E-state index in [-0.39, 0.29) is 23.5 Å². The van der Waals surface area contributed by atoms with Gasteiger partial charge in [-0.3, -0.25) is 4.79 Å². The minimum absolute atomic E-state index is 0.0742. The maximum atomic E-state index is 12.5. The molecule has 2 atom stereocenters. The summed E-state index contributed by atoms with van der Waals surface area (Å²) in [6, 6.07) is 10.8. The molecule has 0 aromatic heterocycles. The van der Waals surface area contributed by atoms with Gasteiger partial charge in [-0.1, -0.05) is 6.07 Å². The molecule has 1 saturated carbocycles. The number of nitrogens with one attached hydrogen (secondary N) is 1. The molecule has 0 radical (unpaired) electrons. The fourth-order valence-electron chi connectivity index (χ4n) is 2.93. The fourth-order valence-corrected chi connectivity index (χ4v) is 2.93. The Morgan fingerprint density at radius 3 is 2.67 bits per heavy atom. The molecule has 0 bridgehead atoms. The quantitative estimate of drug-likeness (QED) is 0.825. The number of aromatic hydroxyl groups is 1. The third-order valence-electron chi connectivity index (χ3n) is 4.37. The lowest BCUT2D eigenvalue weighted by molar-refractivity contribution is -0.117. The second-order valence-electron chi connectivity index (χ2n) is 6.07. The highest BCUT2D eigenvalue weighted by Gasteiger charge is 2.45. The fraction of sp³-hybridized carbons (Fsp3) is 0.316. The van der Waals surface area contributed by atoms with Crippen LogP contribution in [0.15, 0.2) is 36.4 Å². The normalized spacial score (nSPS) is 18.8. The summed E-state index contributed by atoms with van der Waals surface area (Å²) in [4.78, 5) is 12.5. The Bertz CT molecular complexity index is 772. The molecule has 1 amide bonds. The van der Waals surface area contributed by atoms with Gasteiger partial charge in [0.1, 0.15) is 17.2 Å². The zero-order valence-electron chi connectivity index (χ0n) is 14.0. The van der Waals surface area contributed by atoms with E-state index in [1.54, 1.807) is 32.4 Å². The Hall–Kier alpha value is -2.69. The minimum Gasteiger partial charge on any atom is -0.506 e. The number of phenolic OH excluding ortho intramolecular Hbond substituents is 1. The van der Waals surface area contributed by atoms with E-state index in [4.69, 9.17) is 9.47 Å². The van der Waals surface area contributed by atoms with Gasteiger partial charge in [0, 0.05) is 17.4 Å². The van der Waals surface area contributed by atoms with Gasteiger partial charge in [-0.2, -0.15) is 0 Å². The number of phenols is 1. The third-order valence-corrected chi connectivity index (χ3v) is 4.37. The van der Waals surface area contributed by atoms with E-state index in [1.165, 1.54) is 0 Å². The predicted octanol–water partition coefficient (Wildman–Crippen LogP) is 3.46. The highest BCUT2D eigenvalue weighted by atomic mass is 16.5. The number of carbonyl (C=O) groups is 1. The van der Waals surface area contributed by atoms with Gasteiger partial charge in [0.15, 0.2) is 0 Å². The van der Waals surface area contributed by atoms with Crippen LogP contribution >= 0.6 is 0 Å². The van der Waals surface area contributed by atoms with Crippen LogP contribution in [0.25, 0.3) is 0 Å². The molecule has 1 aliphatic carbocycles. The summed E-state index contributed by atoms with van der Waals surface area (Å²) in [5.41, 5.74) is 2.40. The molecule has 2 unspecified atom stereocenters. The van der Waals surface area contributed by atoms with Crippen molar-refractivity contribution < 1.29 is 19.4 Å². The monoisotopic (exact) mass is 327 g/mol. The van der Waals surface area contributed by atoms with Gasteiger partial charge in [0.05, 0.1) is 19.9 Å². The van der Waals surface area contributed by atoms with Crippen molar-refractivity contribution in [1.82, 2.24) is 0 Å². The first kappa shape index (κ1) is 16.2. The average Bonchev–Trinajstić information content (AvgIpc) is 3.38. The second-order valence-corrected chi connectivity index (χ2v) is 6.07. The van der Waals surface area contributed by atoms with Crippen molar-refractivity contribution in [3.05, 3.63) is 47.5 Å². The maximum absolute atomic E-state index is 12.5. The molecule has 3 rings (SSSR count). The first-order valence-corrected chi connectivity index (χ1v) is 7.86. The van der Waals surface area contributed by atoms with Crippen molar-refractivity contribution in [3.63, 3.8) is 0 Å². The van der Waals surface area contributed by atoms with Crippen LogP contribution in [0.3, 0.4) is 0 Å². The number of amides is 1. The Balaban J connectivity index is 1.75. The highest BCUT2D eigenvalue weighted by molar-refractivity contribution is 5.96. The summed E-state index contributed by atoms with van der Waals surface area (Å²) in [7, 11) is 3.23. The Morgan fingerprint density at radius 2 is 1.96 bits per heavy atom. The number of methoxy groups -OCH3 is 2. The lowest BCUT2D eigenvalue weighted by atomic mass is 10.1. The van der Waals surface area contributed by atoms with Crippen LogP contribution < -0.4 is 14.8 Å². The summed E-state index contributed by atoms with van der Waals surface area (Å²) in [6.07, 6.45) is 0.752. The van der Waals surface area contributed by atoms with Crippen molar-refractivity contribution >= 4 is 11.6 Å². The molecule has 2 aromatic rings. The molecule has 126 valence electrons. The number of ether oxygens (including phenoxy) is 2. The summed E-state index contributed by atoms with van der Waals surface area (Å²) < 4.78 is 10.7. The lowest BCUT2D eigenvalue weighted by Gasteiger charge is -2.11. The summed E-state index contributed by atoms with van der Waals surface area (Å²) >= 11 is 0. The van der Waals surface area contributed by atoms with Gasteiger partial charge in [0.2, 0.25) is 5.91 Å². The van der Waals surface area contributed by atoms with Gasteiger partial charge < -0.3 is 19.9 Å². The van der Waals surface area contributed by atoms with E-state index >= 15 is 0 Å². The Kier molecular flexibility index (Phi) is 4.34. The van der Waals surface area contributed by atoms with E-state index in [1.807, 2.05) is 25.1 Å². The number of hydrogen-bond donors (Lipinski definition) is 2. The van der Waals surface area contributed by atoms with Crippen molar-refractivity contribution in [2.45, 2.75) is 19.3 Å². The molecule has 5 heteroatoms. The molecule has 0 saturated heterocycles.